The number of rotatable bonds is 7. The number of hydrogen-bond donors (Lipinski definition) is 0. The molecule has 13 heavy (non-hydrogen) atoms. The van der Waals surface area contributed by atoms with Crippen LogP contribution in [-0.4, -0.2) is 31.7 Å². The third-order valence-electron chi connectivity index (χ3n) is 3.15. The van der Waals surface area contributed by atoms with Crippen LogP contribution in [-0.2, 0) is 0 Å². The van der Waals surface area contributed by atoms with Crippen molar-refractivity contribution in [3.05, 3.63) is 0 Å². The maximum atomic E-state index is 2.34. The molecule has 1 heteroatoms. The van der Waals surface area contributed by atoms with Gasteiger partial charge in [0.25, 0.3) is 0 Å². The smallest absolute Gasteiger partial charge is 0.0810 e. The highest BCUT2D eigenvalue weighted by atomic mass is 15.3. The molecule has 0 N–H and O–H groups in total. The van der Waals surface area contributed by atoms with Crippen LogP contribution in [0.2, 0.25) is 0 Å². The fourth-order valence-electron chi connectivity index (χ4n) is 1.75. The van der Waals surface area contributed by atoms with Crippen molar-refractivity contribution in [1.29, 1.82) is 0 Å². The fraction of sp³-hybridized carbons (Fsp3) is 1.00. The Morgan fingerprint density at radius 1 is 1.08 bits per heavy atom. The summed E-state index contributed by atoms with van der Waals surface area (Å²) in [6.07, 6.45) is 5.52. The van der Waals surface area contributed by atoms with Crippen LogP contribution < -0.4 is 0 Å². The summed E-state index contributed by atoms with van der Waals surface area (Å²) in [6, 6.07) is 0. The minimum absolute atomic E-state index is 0.940. The molecule has 0 saturated carbocycles. The van der Waals surface area contributed by atoms with E-state index in [0.717, 1.165) is 5.92 Å². The molecule has 0 rings (SSSR count). The number of quaternary nitrogens is 1. The Bertz CT molecular complexity index is 118. The van der Waals surface area contributed by atoms with Crippen LogP contribution in [0.25, 0.3) is 0 Å². The molecule has 0 spiro atoms. The van der Waals surface area contributed by atoms with E-state index >= 15 is 0 Å². The average Bonchev–Trinajstić information content (AvgIpc) is 2.12. The van der Waals surface area contributed by atoms with Crippen molar-refractivity contribution in [2.24, 2.45) is 5.92 Å². The predicted octanol–water partition coefficient (Wildman–Crippen LogP) is 3.30. The summed E-state index contributed by atoms with van der Waals surface area (Å²) < 4.78 is 1.18. The first kappa shape index (κ1) is 13.0. The first-order valence-electron chi connectivity index (χ1n) is 5.87. The molecule has 1 nitrogen and oxygen atoms in total. The van der Waals surface area contributed by atoms with Gasteiger partial charge in [0.2, 0.25) is 0 Å². The minimum Gasteiger partial charge on any atom is -0.328 e. The standard InChI is InChI=1S/C12H28N/c1-6-9-10-12(7-2)11-13(4,5)8-3/h12H,6-11H2,1-5H3/q+1. The van der Waals surface area contributed by atoms with Crippen LogP contribution in [0.3, 0.4) is 0 Å². The van der Waals surface area contributed by atoms with E-state index in [4.69, 9.17) is 0 Å². The summed E-state index contributed by atoms with van der Waals surface area (Å²) in [7, 11) is 4.68. The highest BCUT2D eigenvalue weighted by molar-refractivity contribution is 4.56. The molecule has 0 aromatic heterocycles. The van der Waals surface area contributed by atoms with Crippen molar-refractivity contribution < 1.29 is 4.48 Å². The molecule has 0 aromatic carbocycles. The second kappa shape index (κ2) is 6.42. The maximum Gasteiger partial charge on any atom is 0.0810 e. The van der Waals surface area contributed by atoms with Gasteiger partial charge in [0, 0.05) is 5.92 Å². The topological polar surface area (TPSA) is 0 Å². The molecule has 0 heterocycles. The second-order valence-corrected chi connectivity index (χ2v) is 4.85. The van der Waals surface area contributed by atoms with Crippen LogP contribution in [0.15, 0.2) is 0 Å². The van der Waals surface area contributed by atoms with Crippen molar-refractivity contribution in [2.75, 3.05) is 27.2 Å². The van der Waals surface area contributed by atoms with E-state index in [0.29, 0.717) is 0 Å². The zero-order chi connectivity index (χ0) is 10.3. The molecule has 0 amide bonds. The Kier molecular flexibility index (Phi) is 6.40. The van der Waals surface area contributed by atoms with Gasteiger partial charge in [0.05, 0.1) is 27.2 Å². The van der Waals surface area contributed by atoms with Crippen LogP contribution in [0.1, 0.15) is 46.5 Å². The van der Waals surface area contributed by atoms with Gasteiger partial charge in [-0.15, -0.1) is 0 Å². The highest BCUT2D eigenvalue weighted by Crippen LogP contribution is 2.16. The Hall–Kier alpha value is -0.0400. The van der Waals surface area contributed by atoms with E-state index in [-0.39, 0.29) is 0 Å². The van der Waals surface area contributed by atoms with Crippen LogP contribution in [0, 0.1) is 5.92 Å². The van der Waals surface area contributed by atoms with Gasteiger partial charge in [0.1, 0.15) is 0 Å². The van der Waals surface area contributed by atoms with Gasteiger partial charge in [0.15, 0.2) is 0 Å². The summed E-state index contributed by atoms with van der Waals surface area (Å²) >= 11 is 0. The molecule has 0 bridgehead atoms. The summed E-state index contributed by atoms with van der Waals surface area (Å²) in [5.74, 6) is 0.940. The predicted molar refractivity (Wildman–Crippen MR) is 60.8 cm³/mol. The molecule has 0 fully saturated rings. The van der Waals surface area contributed by atoms with E-state index in [1.807, 2.05) is 0 Å². The normalized spacial score (nSPS) is 14.5. The van der Waals surface area contributed by atoms with E-state index in [1.165, 1.54) is 43.3 Å². The minimum atomic E-state index is 0.940. The molecule has 0 aliphatic heterocycles. The Morgan fingerprint density at radius 2 is 1.69 bits per heavy atom. The molecule has 0 aliphatic carbocycles. The molecule has 1 unspecified atom stereocenters. The average molecular weight is 186 g/mol. The van der Waals surface area contributed by atoms with Crippen molar-refractivity contribution in [3.63, 3.8) is 0 Å². The lowest BCUT2D eigenvalue weighted by atomic mass is 9.98. The SMILES string of the molecule is CCCCC(CC)C[N+](C)(C)CC. The summed E-state index contributed by atoms with van der Waals surface area (Å²) in [5, 5.41) is 0. The molecule has 0 aliphatic rings. The zero-order valence-corrected chi connectivity index (χ0v) is 10.3. The lowest BCUT2D eigenvalue weighted by molar-refractivity contribution is -0.892. The van der Waals surface area contributed by atoms with Crippen LogP contribution >= 0.6 is 0 Å². The van der Waals surface area contributed by atoms with Crippen molar-refractivity contribution in [3.8, 4) is 0 Å². The summed E-state index contributed by atoms with van der Waals surface area (Å²) in [4.78, 5) is 0. The molecule has 1 atom stereocenters. The van der Waals surface area contributed by atoms with Gasteiger partial charge in [-0.1, -0.05) is 26.7 Å². The molecular weight excluding hydrogens is 158 g/mol. The molecule has 0 aromatic rings. The third kappa shape index (κ3) is 6.09. The second-order valence-electron chi connectivity index (χ2n) is 4.85. The largest absolute Gasteiger partial charge is 0.328 e. The van der Waals surface area contributed by atoms with E-state index in [1.54, 1.807) is 0 Å². The maximum absolute atomic E-state index is 2.34. The fourth-order valence-corrected chi connectivity index (χ4v) is 1.75. The monoisotopic (exact) mass is 186 g/mol. The van der Waals surface area contributed by atoms with Crippen molar-refractivity contribution in [1.82, 2.24) is 0 Å². The molecular formula is C12H28N+. The number of nitrogens with zero attached hydrogens (tertiary/aromatic N) is 1. The van der Waals surface area contributed by atoms with Crippen molar-refractivity contribution >= 4 is 0 Å². The van der Waals surface area contributed by atoms with Gasteiger partial charge in [-0.3, -0.25) is 0 Å². The third-order valence-corrected chi connectivity index (χ3v) is 3.15. The van der Waals surface area contributed by atoms with Gasteiger partial charge in [-0.2, -0.15) is 0 Å². The lowest BCUT2D eigenvalue weighted by Crippen LogP contribution is -2.43. The van der Waals surface area contributed by atoms with Gasteiger partial charge >= 0.3 is 0 Å². The van der Waals surface area contributed by atoms with Crippen LogP contribution in [0.5, 0.6) is 0 Å². The molecule has 80 valence electrons. The van der Waals surface area contributed by atoms with Gasteiger partial charge < -0.3 is 4.48 Å². The van der Waals surface area contributed by atoms with Gasteiger partial charge in [-0.05, 0) is 19.8 Å². The Morgan fingerprint density at radius 3 is 2.08 bits per heavy atom. The quantitative estimate of drug-likeness (QED) is 0.535. The summed E-state index contributed by atoms with van der Waals surface area (Å²) in [5.41, 5.74) is 0. The molecule has 0 radical (unpaired) electrons. The van der Waals surface area contributed by atoms with E-state index in [2.05, 4.69) is 34.9 Å². The van der Waals surface area contributed by atoms with E-state index in [9.17, 15) is 0 Å². The Balaban J connectivity index is 3.82. The van der Waals surface area contributed by atoms with Crippen LogP contribution in [0.4, 0.5) is 0 Å². The molecule has 0 saturated heterocycles. The van der Waals surface area contributed by atoms with Crippen molar-refractivity contribution in [2.45, 2.75) is 46.5 Å². The number of hydrogen-bond acceptors (Lipinski definition) is 0. The first-order valence-corrected chi connectivity index (χ1v) is 5.87. The zero-order valence-electron chi connectivity index (χ0n) is 10.3. The number of unbranched alkanes of at least 4 members (excludes halogenated alkanes) is 1. The lowest BCUT2D eigenvalue weighted by Gasteiger charge is -2.32. The summed E-state index contributed by atoms with van der Waals surface area (Å²) in [6.45, 7) is 9.50. The highest BCUT2D eigenvalue weighted by Gasteiger charge is 2.18. The first-order chi connectivity index (χ1) is 6.05. The van der Waals surface area contributed by atoms with Gasteiger partial charge in [-0.25, -0.2) is 0 Å². The van der Waals surface area contributed by atoms with E-state index < -0.39 is 0 Å². The Labute approximate surface area is 84.7 Å².